The molecule has 1 saturated carbocycles. The van der Waals surface area contributed by atoms with Crippen LogP contribution in [0.15, 0.2) is 90.1 Å². The first kappa shape index (κ1) is 23.1. The smallest absolute Gasteiger partial charge is 0.253 e. The van der Waals surface area contributed by atoms with Crippen molar-refractivity contribution in [3.8, 4) is 11.3 Å². The van der Waals surface area contributed by atoms with Crippen molar-refractivity contribution in [2.45, 2.75) is 37.5 Å². The highest BCUT2D eigenvalue weighted by atomic mass is 16.5. The molecule has 6 rings (SSSR count). The normalized spacial score (nSPS) is 15.8. The number of carbonyl (C=O) groups excluding carboxylic acids is 1. The van der Waals surface area contributed by atoms with E-state index < -0.39 is 11.6 Å². The van der Waals surface area contributed by atoms with Crippen LogP contribution in [0.1, 0.15) is 47.5 Å². The number of ether oxygens (including phenoxy) is 1. The molecule has 3 aromatic heterocycles. The molecule has 2 atom stereocenters. The highest BCUT2D eigenvalue weighted by molar-refractivity contribution is 5.94. The second kappa shape index (κ2) is 9.29. The van der Waals surface area contributed by atoms with E-state index in [-0.39, 0.29) is 12.0 Å². The van der Waals surface area contributed by atoms with E-state index >= 15 is 0 Å². The lowest BCUT2D eigenvalue weighted by Crippen LogP contribution is -2.46. The Kier molecular flexibility index (Phi) is 5.81. The van der Waals surface area contributed by atoms with Gasteiger partial charge in [-0.05, 0) is 49.6 Å². The number of benzene rings is 2. The van der Waals surface area contributed by atoms with E-state index in [9.17, 15) is 4.79 Å². The van der Waals surface area contributed by atoms with Gasteiger partial charge in [0.25, 0.3) is 5.91 Å². The minimum absolute atomic E-state index is 0.185. The molecular formula is C29H27N5O3. The highest BCUT2D eigenvalue weighted by Crippen LogP contribution is 2.54. The van der Waals surface area contributed by atoms with E-state index in [4.69, 9.17) is 14.1 Å². The van der Waals surface area contributed by atoms with Crippen molar-refractivity contribution in [2.24, 2.45) is 7.05 Å². The topological polar surface area (TPSA) is 95.1 Å². The van der Waals surface area contributed by atoms with E-state index in [1.807, 2.05) is 62.8 Å². The van der Waals surface area contributed by atoms with Crippen molar-refractivity contribution in [3.63, 3.8) is 0 Å². The van der Waals surface area contributed by atoms with E-state index in [0.29, 0.717) is 11.3 Å². The number of hydrogen-bond acceptors (Lipinski definition) is 6. The Morgan fingerprint density at radius 2 is 1.92 bits per heavy atom. The summed E-state index contributed by atoms with van der Waals surface area (Å²) in [5, 5.41) is 8.58. The fourth-order valence-electron chi connectivity index (χ4n) is 4.89. The van der Waals surface area contributed by atoms with Crippen molar-refractivity contribution >= 4 is 16.8 Å². The first-order chi connectivity index (χ1) is 18.0. The number of hydrogen-bond donors (Lipinski definition) is 1. The summed E-state index contributed by atoms with van der Waals surface area (Å²) in [6.45, 7) is 1.92. The molecule has 2 unspecified atom stereocenters. The summed E-state index contributed by atoms with van der Waals surface area (Å²) in [5.74, 6) is -0.185. The average molecular weight is 494 g/mol. The Morgan fingerprint density at radius 1 is 1.14 bits per heavy atom. The predicted molar refractivity (Wildman–Crippen MR) is 139 cm³/mol. The Balaban J connectivity index is 1.44. The van der Waals surface area contributed by atoms with Gasteiger partial charge in [0.15, 0.2) is 6.39 Å². The molecule has 3 heterocycles. The van der Waals surface area contributed by atoms with Gasteiger partial charge in [-0.2, -0.15) is 5.10 Å². The summed E-state index contributed by atoms with van der Waals surface area (Å²) in [7, 11) is 1.89. The fraction of sp³-hybridized carbons (Fsp3) is 0.241. The quantitative estimate of drug-likeness (QED) is 0.299. The van der Waals surface area contributed by atoms with E-state index in [1.54, 1.807) is 23.1 Å². The maximum absolute atomic E-state index is 13.3. The maximum atomic E-state index is 13.3. The highest BCUT2D eigenvalue weighted by Gasteiger charge is 2.54. The van der Waals surface area contributed by atoms with Gasteiger partial charge < -0.3 is 14.5 Å². The number of oxazole rings is 1. The number of para-hydroxylation sites is 1. The molecule has 1 fully saturated rings. The average Bonchev–Trinajstić information content (AvgIpc) is 3.31. The monoisotopic (exact) mass is 493 g/mol. The van der Waals surface area contributed by atoms with Crippen LogP contribution in [-0.4, -0.2) is 31.9 Å². The van der Waals surface area contributed by atoms with Crippen LogP contribution in [0.3, 0.4) is 0 Å². The standard InChI is InChI=1S/C29H27N5O3/c1-19(26-17-36-18-30-26)37-28(33-27(35)20-8-4-3-5-9-20)29(12-13-29)23-14-25(21-15-31-34(2)16-21)32-24-11-7-6-10-22(23)24/h3-11,14-19,28H,12-13H2,1-2H3,(H,33,35). The number of nitrogens with one attached hydrogen (secondary N) is 1. The van der Waals surface area contributed by atoms with Gasteiger partial charge in [0.1, 0.15) is 24.3 Å². The van der Waals surface area contributed by atoms with Crippen LogP contribution in [0.4, 0.5) is 0 Å². The van der Waals surface area contributed by atoms with E-state index in [0.717, 1.165) is 40.6 Å². The van der Waals surface area contributed by atoms with E-state index in [1.165, 1.54) is 6.39 Å². The molecule has 1 amide bonds. The zero-order valence-electron chi connectivity index (χ0n) is 20.7. The third-order valence-corrected chi connectivity index (χ3v) is 7.05. The zero-order chi connectivity index (χ0) is 25.4. The van der Waals surface area contributed by atoms with Crippen LogP contribution in [0.25, 0.3) is 22.2 Å². The molecule has 0 saturated heterocycles. The van der Waals surface area contributed by atoms with Crippen LogP contribution < -0.4 is 5.32 Å². The molecule has 0 aliphatic heterocycles. The maximum Gasteiger partial charge on any atom is 0.253 e. The van der Waals surface area contributed by atoms with Crippen LogP contribution in [0.2, 0.25) is 0 Å². The summed E-state index contributed by atoms with van der Waals surface area (Å²) < 4.78 is 13.5. The molecule has 8 nitrogen and oxygen atoms in total. The lowest BCUT2D eigenvalue weighted by molar-refractivity contribution is -0.0417. The SMILES string of the molecule is CC(OC(NC(=O)c1ccccc1)C1(c2cc(-c3cnn(C)c3)nc3ccccc23)CC1)c1cocn1. The molecule has 5 aromatic rings. The summed E-state index contributed by atoms with van der Waals surface area (Å²) in [4.78, 5) is 22.5. The second-order valence-corrected chi connectivity index (χ2v) is 9.54. The van der Waals surface area contributed by atoms with Crippen LogP contribution in [0, 0.1) is 0 Å². The molecule has 2 aromatic carbocycles. The molecule has 1 N–H and O–H groups in total. The molecule has 1 aliphatic rings. The number of aromatic nitrogens is 4. The van der Waals surface area contributed by atoms with Gasteiger partial charge in [-0.3, -0.25) is 9.48 Å². The molecule has 0 bridgehead atoms. The van der Waals surface area contributed by atoms with Crippen molar-refractivity contribution in [1.29, 1.82) is 0 Å². The largest absolute Gasteiger partial charge is 0.451 e. The number of aryl methyl sites for hydroxylation is 1. The number of nitrogens with zero attached hydrogens (tertiary/aromatic N) is 4. The number of amides is 1. The van der Waals surface area contributed by atoms with Gasteiger partial charge in [-0.1, -0.05) is 36.4 Å². The molecule has 186 valence electrons. The third-order valence-electron chi connectivity index (χ3n) is 7.05. The number of fused-ring (bicyclic) bond motifs is 1. The molecule has 37 heavy (non-hydrogen) atoms. The number of pyridine rings is 1. The molecule has 1 aliphatic carbocycles. The summed E-state index contributed by atoms with van der Waals surface area (Å²) in [6.07, 6.45) is 7.47. The Hall–Kier alpha value is -4.30. The Labute approximate surface area is 214 Å². The Bertz CT molecular complexity index is 1540. The fourth-order valence-corrected chi connectivity index (χ4v) is 4.89. The molecule has 8 heteroatoms. The second-order valence-electron chi connectivity index (χ2n) is 9.54. The predicted octanol–water partition coefficient (Wildman–Crippen LogP) is 5.19. The van der Waals surface area contributed by atoms with Gasteiger partial charge in [-0.15, -0.1) is 0 Å². The van der Waals surface area contributed by atoms with Crippen molar-refractivity contribution in [1.82, 2.24) is 25.1 Å². The van der Waals surface area contributed by atoms with Gasteiger partial charge >= 0.3 is 0 Å². The first-order valence-corrected chi connectivity index (χ1v) is 12.3. The van der Waals surface area contributed by atoms with E-state index in [2.05, 4.69) is 27.5 Å². The lowest BCUT2D eigenvalue weighted by atomic mass is 9.89. The number of carbonyl (C=O) groups is 1. The zero-order valence-corrected chi connectivity index (χ0v) is 20.7. The third kappa shape index (κ3) is 4.40. The number of rotatable bonds is 8. The molecule has 0 spiro atoms. The summed E-state index contributed by atoms with van der Waals surface area (Å²) in [6, 6.07) is 19.4. The van der Waals surface area contributed by atoms with Gasteiger partial charge in [0.2, 0.25) is 0 Å². The van der Waals surface area contributed by atoms with Gasteiger partial charge in [0, 0.05) is 35.2 Å². The van der Waals surface area contributed by atoms with Crippen LogP contribution in [0.5, 0.6) is 0 Å². The van der Waals surface area contributed by atoms with Crippen molar-refractivity contribution in [2.75, 3.05) is 0 Å². The lowest BCUT2D eigenvalue weighted by Gasteiger charge is -2.31. The summed E-state index contributed by atoms with van der Waals surface area (Å²) in [5.41, 5.74) is 4.59. The minimum Gasteiger partial charge on any atom is -0.451 e. The molecular weight excluding hydrogens is 466 g/mol. The van der Waals surface area contributed by atoms with Gasteiger partial charge in [0.05, 0.1) is 17.4 Å². The molecule has 0 radical (unpaired) electrons. The first-order valence-electron chi connectivity index (χ1n) is 12.3. The van der Waals surface area contributed by atoms with Gasteiger partial charge in [-0.25, -0.2) is 9.97 Å². The van der Waals surface area contributed by atoms with Crippen LogP contribution in [-0.2, 0) is 17.2 Å². The van der Waals surface area contributed by atoms with Crippen molar-refractivity contribution in [3.05, 3.63) is 103 Å². The summed E-state index contributed by atoms with van der Waals surface area (Å²) >= 11 is 0. The minimum atomic E-state index is -0.598. The van der Waals surface area contributed by atoms with Crippen LogP contribution >= 0.6 is 0 Å². The van der Waals surface area contributed by atoms with Crippen molar-refractivity contribution < 1.29 is 13.9 Å². The Morgan fingerprint density at radius 3 is 2.62 bits per heavy atom.